The maximum atomic E-state index is 11.9. The second-order valence-electron chi connectivity index (χ2n) is 5.57. The number of sulfonamides is 1. The van der Waals surface area contributed by atoms with Crippen molar-refractivity contribution in [2.45, 2.75) is 11.4 Å². The number of hydrogen-bond acceptors (Lipinski definition) is 4. The molecule has 4 rings (SSSR count). The first-order valence-corrected chi connectivity index (χ1v) is 8.88. The average molecular weight is 338 g/mol. The summed E-state index contributed by atoms with van der Waals surface area (Å²) < 4.78 is 25.4. The lowest BCUT2D eigenvalue weighted by Crippen LogP contribution is -2.14. The largest absolute Gasteiger partial charge is 0.259 e. The quantitative estimate of drug-likeness (QED) is 0.620. The summed E-state index contributed by atoms with van der Waals surface area (Å²) in [7, 11) is -3.82. The van der Waals surface area contributed by atoms with Crippen molar-refractivity contribution in [1.29, 1.82) is 0 Å². The first kappa shape index (κ1) is 14.8. The molecule has 0 fully saturated rings. The van der Waals surface area contributed by atoms with Crippen LogP contribution in [0.4, 0.5) is 0 Å². The number of nitrogens with two attached hydrogens (primary N) is 1. The highest BCUT2D eigenvalue weighted by molar-refractivity contribution is 7.89. The number of aromatic nitrogens is 3. The summed E-state index contributed by atoms with van der Waals surface area (Å²) in [5.74, 6) is 0. The smallest absolute Gasteiger partial charge is 0.240 e. The molecule has 0 aliphatic rings. The minimum atomic E-state index is -3.82. The van der Waals surface area contributed by atoms with Crippen molar-refractivity contribution in [3.8, 4) is 0 Å². The first-order valence-electron chi connectivity index (χ1n) is 7.33. The van der Waals surface area contributed by atoms with E-state index in [1.54, 1.807) is 23.1 Å². The Morgan fingerprint density at radius 1 is 1.04 bits per heavy atom. The monoisotopic (exact) mass is 338 g/mol. The van der Waals surface area contributed by atoms with Crippen molar-refractivity contribution in [3.63, 3.8) is 0 Å². The molecular weight excluding hydrogens is 324 g/mol. The Bertz CT molecular complexity index is 1170. The van der Waals surface area contributed by atoms with Crippen LogP contribution in [0.25, 0.3) is 21.8 Å². The van der Waals surface area contributed by atoms with Gasteiger partial charge in [-0.1, -0.05) is 30.3 Å². The summed E-state index contributed by atoms with van der Waals surface area (Å²) in [6, 6.07) is 14.8. The van der Waals surface area contributed by atoms with Gasteiger partial charge in [-0.15, -0.1) is 0 Å². The van der Waals surface area contributed by atoms with E-state index in [1.165, 1.54) is 6.07 Å². The first-order chi connectivity index (χ1) is 11.5. The van der Waals surface area contributed by atoms with Crippen molar-refractivity contribution < 1.29 is 8.42 Å². The Hall–Kier alpha value is -2.77. The molecule has 0 spiro atoms. The van der Waals surface area contributed by atoms with Gasteiger partial charge in [0.05, 0.1) is 23.8 Å². The summed E-state index contributed by atoms with van der Waals surface area (Å²) in [5.41, 5.74) is 2.38. The fourth-order valence-electron chi connectivity index (χ4n) is 2.84. The Kier molecular flexibility index (Phi) is 3.33. The van der Waals surface area contributed by atoms with Crippen molar-refractivity contribution in [2.24, 2.45) is 5.14 Å². The van der Waals surface area contributed by atoms with E-state index in [-0.39, 0.29) is 4.90 Å². The maximum absolute atomic E-state index is 11.9. The molecule has 0 radical (unpaired) electrons. The van der Waals surface area contributed by atoms with Crippen molar-refractivity contribution in [3.05, 3.63) is 66.5 Å². The molecule has 0 unspecified atom stereocenters. The van der Waals surface area contributed by atoms with Crippen LogP contribution in [0, 0.1) is 0 Å². The Morgan fingerprint density at radius 2 is 1.88 bits per heavy atom. The number of primary sulfonamides is 1. The molecule has 0 aliphatic carbocycles. The van der Waals surface area contributed by atoms with Gasteiger partial charge in [-0.3, -0.25) is 9.67 Å². The Labute approximate surface area is 138 Å². The van der Waals surface area contributed by atoms with Crippen LogP contribution in [-0.4, -0.2) is 23.2 Å². The molecule has 2 heterocycles. The van der Waals surface area contributed by atoms with E-state index in [2.05, 4.69) is 10.1 Å². The second-order valence-corrected chi connectivity index (χ2v) is 7.10. The number of pyridine rings is 1. The van der Waals surface area contributed by atoms with Crippen LogP contribution in [0.15, 0.2) is 65.8 Å². The molecule has 7 heteroatoms. The third kappa shape index (κ3) is 2.53. The van der Waals surface area contributed by atoms with Gasteiger partial charge in [-0.25, -0.2) is 13.6 Å². The highest BCUT2D eigenvalue weighted by Gasteiger charge is 2.16. The number of rotatable bonds is 3. The Morgan fingerprint density at radius 3 is 2.71 bits per heavy atom. The standard InChI is InChI=1S/C17H14N4O2S/c18-24(22,23)16-5-1-3-14-10-20-21(17(14)16)11-12-6-7-13-4-2-8-19-15(13)9-12/h1-10H,11H2,(H2,18,22,23). The molecule has 0 atom stereocenters. The van der Waals surface area contributed by atoms with E-state index in [4.69, 9.17) is 5.14 Å². The molecule has 2 N–H and O–H groups in total. The second kappa shape index (κ2) is 5.40. The van der Waals surface area contributed by atoms with Crippen LogP contribution >= 0.6 is 0 Å². The highest BCUT2D eigenvalue weighted by atomic mass is 32.2. The van der Waals surface area contributed by atoms with Gasteiger partial charge in [0.15, 0.2) is 0 Å². The SMILES string of the molecule is NS(=O)(=O)c1cccc2cnn(Cc3ccc4cccnc4c3)c12. The number of hydrogen-bond donors (Lipinski definition) is 1. The van der Waals surface area contributed by atoms with E-state index in [0.717, 1.165) is 21.9 Å². The lowest BCUT2D eigenvalue weighted by Gasteiger charge is -2.08. The molecule has 6 nitrogen and oxygen atoms in total. The zero-order valence-electron chi connectivity index (χ0n) is 12.6. The fourth-order valence-corrected chi connectivity index (χ4v) is 3.60. The number of para-hydroxylation sites is 1. The van der Waals surface area contributed by atoms with Gasteiger partial charge in [-0.2, -0.15) is 5.10 Å². The molecule has 24 heavy (non-hydrogen) atoms. The summed E-state index contributed by atoms with van der Waals surface area (Å²) >= 11 is 0. The van der Waals surface area contributed by atoms with Crippen LogP contribution in [-0.2, 0) is 16.6 Å². The van der Waals surface area contributed by atoms with E-state index in [0.29, 0.717) is 12.1 Å². The molecule has 2 aromatic carbocycles. The number of nitrogens with zero attached hydrogens (tertiary/aromatic N) is 3. The van der Waals surface area contributed by atoms with Crippen LogP contribution in [0.2, 0.25) is 0 Å². The van der Waals surface area contributed by atoms with Crippen molar-refractivity contribution in [2.75, 3.05) is 0 Å². The van der Waals surface area contributed by atoms with Crippen LogP contribution in [0.3, 0.4) is 0 Å². The molecule has 2 aromatic heterocycles. The predicted molar refractivity (Wildman–Crippen MR) is 92.0 cm³/mol. The van der Waals surface area contributed by atoms with Crippen LogP contribution in [0.5, 0.6) is 0 Å². The number of benzene rings is 2. The zero-order chi connectivity index (χ0) is 16.7. The van der Waals surface area contributed by atoms with E-state index >= 15 is 0 Å². The van der Waals surface area contributed by atoms with Gasteiger partial charge in [0.1, 0.15) is 4.90 Å². The van der Waals surface area contributed by atoms with Gasteiger partial charge in [0.25, 0.3) is 0 Å². The minimum absolute atomic E-state index is 0.0800. The summed E-state index contributed by atoms with van der Waals surface area (Å²) in [4.78, 5) is 4.42. The fraction of sp³-hybridized carbons (Fsp3) is 0.0588. The molecule has 0 aliphatic heterocycles. The van der Waals surface area contributed by atoms with Gasteiger partial charge in [0, 0.05) is 17.0 Å². The van der Waals surface area contributed by atoms with Gasteiger partial charge < -0.3 is 0 Å². The zero-order valence-corrected chi connectivity index (χ0v) is 13.4. The van der Waals surface area contributed by atoms with Crippen LogP contribution in [0.1, 0.15) is 5.56 Å². The number of fused-ring (bicyclic) bond motifs is 2. The van der Waals surface area contributed by atoms with E-state index in [1.807, 2.05) is 36.4 Å². The molecular formula is C17H14N4O2S. The third-order valence-corrected chi connectivity index (χ3v) is 4.88. The topological polar surface area (TPSA) is 90.9 Å². The summed E-state index contributed by atoms with van der Waals surface area (Å²) in [6.45, 7) is 0.433. The van der Waals surface area contributed by atoms with E-state index < -0.39 is 10.0 Å². The summed E-state index contributed by atoms with van der Waals surface area (Å²) in [5, 5.41) is 11.5. The minimum Gasteiger partial charge on any atom is -0.259 e. The van der Waals surface area contributed by atoms with E-state index in [9.17, 15) is 8.42 Å². The Balaban J connectivity index is 1.84. The molecule has 0 amide bonds. The molecule has 120 valence electrons. The average Bonchev–Trinajstić information content (AvgIpc) is 2.97. The van der Waals surface area contributed by atoms with Gasteiger partial charge >= 0.3 is 0 Å². The molecule has 0 saturated heterocycles. The normalized spacial score (nSPS) is 12.0. The summed E-state index contributed by atoms with van der Waals surface area (Å²) in [6.07, 6.45) is 3.39. The van der Waals surface area contributed by atoms with Crippen LogP contribution < -0.4 is 5.14 Å². The maximum Gasteiger partial charge on any atom is 0.240 e. The highest BCUT2D eigenvalue weighted by Crippen LogP contribution is 2.23. The predicted octanol–water partition coefficient (Wildman–Crippen LogP) is 2.28. The lowest BCUT2D eigenvalue weighted by atomic mass is 10.1. The van der Waals surface area contributed by atoms with Gasteiger partial charge in [0.2, 0.25) is 10.0 Å². The molecule has 4 aromatic rings. The molecule has 0 bridgehead atoms. The van der Waals surface area contributed by atoms with Crippen molar-refractivity contribution >= 4 is 31.8 Å². The van der Waals surface area contributed by atoms with Crippen molar-refractivity contribution in [1.82, 2.24) is 14.8 Å². The van der Waals surface area contributed by atoms with Gasteiger partial charge in [-0.05, 0) is 23.8 Å². The molecule has 0 saturated carbocycles. The lowest BCUT2D eigenvalue weighted by molar-refractivity contribution is 0.597. The third-order valence-electron chi connectivity index (χ3n) is 3.93.